The summed E-state index contributed by atoms with van der Waals surface area (Å²) >= 11 is 9.42. The lowest BCUT2D eigenvalue weighted by Crippen LogP contribution is -2.33. The highest BCUT2D eigenvalue weighted by Gasteiger charge is 2.16. The quantitative estimate of drug-likeness (QED) is 0.802. The molecule has 19 heavy (non-hydrogen) atoms. The van der Waals surface area contributed by atoms with E-state index in [-0.39, 0.29) is 10.9 Å². The summed E-state index contributed by atoms with van der Waals surface area (Å²) in [7, 11) is 0. The van der Waals surface area contributed by atoms with Crippen LogP contribution in [0.2, 0.25) is 5.02 Å². The number of alkyl halides is 1. The molecule has 106 valence electrons. The Balaban J connectivity index is 2.33. The van der Waals surface area contributed by atoms with Crippen LogP contribution in [0.25, 0.3) is 0 Å². The largest absolute Gasteiger partial charge is 0.444 e. The molecule has 0 aliphatic rings. The lowest BCUT2D eigenvalue weighted by molar-refractivity contribution is 0.0527. The van der Waals surface area contributed by atoms with Gasteiger partial charge in [-0.15, -0.1) is 0 Å². The van der Waals surface area contributed by atoms with Gasteiger partial charge in [0.25, 0.3) is 0 Å². The number of ether oxygens (including phenoxy) is 1. The zero-order chi connectivity index (χ0) is 14.5. The molecule has 1 amide bonds. The maximum absolute atomic E-state index is 11.5. The molecular formula is C14H19BrClNO2. The average molecular weight is 349 g/mol. The number of hydrogen-bond donors (Lipinski definition) is 1. The summed E-state index contributed by atoms with van der Waals surface area (Å²) in [5, 5.41) is 3.45. The molecule has 0 heterocycles. The molecule has 0 saturated heterocycles. The Morgan fingerprint density at radius 3 is 2.47 bits per heavy atom. The average Bonchev–Trinajstić information content (AvgIpc) is 2.27. The number of halogens is 2. The Hall–Kier alpha value is -0.740. The van der Waals surface area contributed by atoms with Crippen molar-refractivity contribution in [2.24, 2.45) is 0 Å². The maximum Gasteiger partial charge on any atom is 0.407 e. The second-order valence-electron chi connectivity index (χ2n) is 5.24. The van der Waals surface area contributed by atoms with Gasteiger partial charge in [-0.3, -0.25) is 0 Å². The summed E-state index contributed by atoms with van der Waals surface area (Å²) in [6.07, 6.45) is 0.393. The first kappa shape index (κ1) is 16.3. The van der Waals surface area contributed by atoms with E-state index in [2.05, 4.69) is 21.2 Å². The van der Waals surface area contributed by atoms with E-state index in [0.29, 0.717) is 6.54 Å². The van der Waals surface area contributed by atoms with Crippen molar-refractivity contribution in [1.29, 1.82) is 0 Å². The molecule has 1 N–H and O–H groups in total. The number of rotatable bonds is 4. The molecular weight excluding hydrogens is 330 g/mol. The molecule has 0 bridgehead atoms. The fourth-order valence-corrected chi connectivity index (χ4v) is 2.11. The van der Waals surface area contributed by atoms with Crippen LogP contribution in [0.15, 0.2) is 24.3 Å². The first-order chi connectivity index (χ1) is 8.78. The SMILES string of the molecule is CC(C)(C)OC(=O)NCCC(Br)c1ccc(Cl)cc1. The molecule has 0 spiro atoms. The second kappa shape index (κ2) is 7.15. The van der Waals surface area contributed by atoms with Crippen molar-refractivity contribution in [3.05, 3.63) is 34.9 Å². The minimum absolute atomic E-state index is 0.180. The summed E-state index contributed by atoms with van der Waals surface area (Å²) in [6, 6.07) is 7.64. The van der Waals surface area contributed by atoms with Crippen molar-refractivity contribution in [1.82, 2.24) is 5.32 Å². The van der Waals surface area contributed by atoms with Gasteiger partial charge in [0, 0.05) is 16.4 Å². The van der Waals surface area contributed by atoms with E-state index >= 15 is 0 Å². The van der Waals surface area contributed by atoms with Crippen LogP contribution in [-0.4, -0.2) is 18.2 Å². The number of carbonyl (C=O) groups excluding carboxylic acids is 1. The van der Waals surface area contributed by atoms with E-state index in [9.17, 15) is 4.79 Å². The third-order valence-corrected chi connectivity index (χ3v) is 3.54. The molecule has 5 heteroatoms. The Bertz CT molecular complexity index is 414. The summed E-state index contributed by atoms with van der Waals surface area (Å²) in [5.41, 5.74) is 0.670. The van der Waals surface area contributed by atoms with Crippen molar-refractivity contribution in [3.8, 4) is 0 Å². The monoisotopic (exact) mass is 347 g/mol. The summed E-state index contributed by atoms with van der Waals surface area (Å²) in [6.45, 7) is 6.07. The number of nitrogens with one attached hydrogen (secondary N) is 1. The van der Waals surface area contributed by atoms with Crippen LogP contribution in [0.3, 0.4) is 0 Å². The van der Waals surface area contributed by atoms with Crippen LogP contribution in [0, 0.1) is 0 Å². The van der Waals surface area contributed by atoms with Gasteiger partial charge in [-0.2, -0.15) is 0 Å². The second-order valence-corrected chi connectivity index (χ2v) is 6.78. The summed E-state index contributed by atoms with van der Waals surface area (Å²) in [5.74, 6) is 0. The lowest BCUT2D eigenvalue weighted by atomic mass is 10.1. The number of amides is 1. The predicted octanol–water partition coefficient (Wildman–Crippen LogP) is 4.69. The molecule has 0 saturated carbocycles. The van der Waals surface area contributed by atoms with Gasteiger partial charge in [0.15, 0.2) is 0 Å². The van der Waals surface area contributed by atoms with Gasteiger partial charge >= 0.3 is 6.09 Å². The summed E-state index contributed by atoms with van der Waals surface area (Å²) in [4.78, 5) is 11.6. The maximum atomic E-state index is 11.5. The van der Waals surface area contributed by atoms with Gasteiger partial charge < -0.3 is 10.1 Å². The number of alkyl carbamates (subject to hydrolysis) is 1. The van der Waals surface area contributed by atoms with E-state index < -0.39 is 5.60 Å². The van der Waals surface area contributed by atoms with E-state index in [4.69, 9.17) is 16.3 Å². The highest BCUT2D eigenvalue weighted by molar-refractivity contribution is 9.09. The first-order valence-corrected chi connectivity index (χ1v) is 7.44. The van der Waals surface area contributed by atoms with Gasteiger partial charge in [0.1, 0.15) is 5.60 Å². The smallest absolute Gasteiger partial charge is 0.407 e. The van der Waals surface area contributed by atoms with Gasteiger partial charge in [0.05, 0.1) is 0 Å². The van der Waals surface area contributed by atoms with E-state index in [1.165, 1.54) is 0 Å². The normalized spacial score (nSPS) is 12.9. The third-order valence-electron chi connectivity index (χ3n) is 2.30. The molecule has 1 aromatic carbocycles. The van der Waals surface area contributed by atoms with E-state index in [1.807, 2.05) is 45.0 Å². The minimum atomic E-state index is -0.464. The molecule has 1 rings (SSSR count). The number of hydrogen-bond acceptors (Lipinski definition) is 2. The Kier molecular flexibility index (Phi) is 6.14. The first-order valence-electron chi connectivity index (χ1n) is 6.14. The van der Waals surface area contributed by atoms with Gasteiger partial charge in [0.2, 0.25) is 0 Å². The molecule has 3 nitrogen and oxygen atoms in total. The van der Waals surface area contributed by atoms with E-state index in [0.717, 1.165) is 17.0 Å². The Morgan fingerprint density at radius 2 is 1.95 bits per heavy atom. The van der Waals surface area contributed by atoms with Crippen molar-refractivity contribution >= 4 is 33.6 Å². The summed E-state index contributed by atoms with van der Waals surface area (Å²) < 4.78 is 5.16. The fourth-order valence-electron chi connectivity index (χ4n) is 1.45. The van der Waals surface area contributed by atoms with Gasteiger partial charge in [-0.1, -0.05) is 39.7 Å². The number of benzene rings is 1. The standard InChI is InChI=1S/C14H19BrClNO2/c1-14(2,3)19-13(18)17-9-8-12(15)10-4-6-11(16)7-5-10/h4-7,12H,8-9H2,1-3H3,(H,17,18). The lowest BCUT2D eigenvalue weighted by Gasteiger charge is -2.20. The van der Waals surface area contributed by atoms with Crippen LogP contribution in [-0.2, 0) is 4.74 Å². The molecule has 0 fully saturated rings. The predicted molar refractivity (Wildman–Crippen MR) is 82.0 cm³/mol. The molecule has 1 aromatic rings. The fraction of sp³-hybridized carbons (Fsp3) is 0.500. The highest BCUT2D eigenvalue weighted by atomic mass is 79.9. The van der Waals surface area contributed by atoms with Crippen molar-refractivity contribution < 1.29 is 9.53 Å². The molecule has 1 atom stereocenters. The zero-order valence-electron chi connectivity index (χ0n) is 11.4. The topological polar surface area (TPSA) is 38.3 Å². The minimum Gasteiger partial charge on any atom is -0.444 e. The van der Waals surface area contributed by atoms with Crippen LogP contribution < -0.4 is 5.32 Å². The van der Waals surface area contributed by atoms with Gasteiger partial charge in [-0.05, 0) is 44.9 Å². The molecule has 0 aliphatic heterocycles. The Labute approximate surface area is 127 Å². The molecule has 0 radical (unpaired) electrons. The van der Waals surface area contributed by atoms with Crippen molar-refractivity contribution in [2.45, 2.75) is 37.6 Å². The zero-order valence-corrected chi connectivity index (χ0v) is 13.7. The van der Waals surface area contributed by atoms with E-state index in [1.54, 1.807) is 0 Å². The Morgan fingerprint density at radius 1 is 1.37 bits per heavy atom. The third kappa shape index (κ3) is 6.83. The van der Waals surface area contributed by atoms with Crippen LogP contribution in [0.1, 0.15) is 37.6 Å². The van der Waals surface area contributed by atoms with Crippen molar-refractivity contribution in [3.63, 3.8) is 0 Å². The highest BCUT2D eigenvalue weighted by Crippen LogP contribution is 2.26. The van der Waals surface area contributed by atoms with Crippen LogP contribution in [0.5, 0.6) is 0 Å². The molecule has 0 aliphatic carbocycles. The molecule has 1 unspecified atom stereocenters. The van der Waals surface area contributed by atoms with Gasteiger partial charge in [-0.25, -0.2) is 4.79 Å². The van der Waals surface area contributed by atoms with Crippen LogP contribution >= 0.6 is 27.5 Å². The van der Waals surface area contributed by atoms with Crippen molar-refractivity contribution in [2.75, 3.05) is 6.54 Å². The van der Waals surface area contributed by atoms with Crippen LogP contribution in [0.4, 0.5) is 4.79 Å². The number of carbonyl (C=O) groups is 1. The molecule has 0 aromatic heterocycles.